The van der Waals surface area contributed by atoms with Gasteiger partial charge in [-0.3, -0.25) is 4.79 Å². The number of carbonyl (C=O) groups excluding carboxylic acids is 1. The van der Waals surface area contributed by atoms with Gasteiger partial charge >= 0.3 is 6.18 Å². The van der Waals surface area contributed by atoms with E-state index in [4.69, 9.17) is 5.73 Å². The molecule has 0 spiro atoms. The van der Waals surface area contributed by atoms with Gasteiger partial charge in [0.05, 0.1) is 0 Å². The molecule has 19 heavy (non-hydrogen) atoms. The molecule has 2 N–H and O–H groups in total. The topological polar surface area (TPSA) is 46.3 Å². The lowest BCUT2D eigenvalue weighted by atomic mass is 9.77. The van der Waals surface area contributed by atoms with Crippen LogP contribution in [0.4, 0.5) is 13.2 Å². The Bertz CT molecular complexity index is 323. The van der Waals surface area contributed by atoms with Crippen LogP contribution >= 0.6 is 0 Å². The van der Waals surface area contributed by atoms with Crippen molar-refractivity contribution in [3.63, 3.8) is 0 Å². The SMILES string of the molecule is CC(C)(C)C1CCC(=O)N(C(CN)C(F)(F)F)CC1. The molecule has 1 amide bonds. The van der Waals surface area contributed by atoms with Crippen molar-refractivity contribution in [3.05, 3.63) is 0 Å². The van der Waals surface area contributed by atoms with E-state index < -0.39 is 24.7 Å². The van der Waals surface area contributed by atoms with Crippen LogP contribution < -0.4 is 5.73 Å². The molecule has 112 valence electrons. The summed E-state index contributed by atoms with van der Waals surface area (Å²) >= 11 is 0. The van der Waals surface area contributed by atoms with Crippen LogP contribution in [0.3, 0.4) is 0 Å². The average Bonchev–Trinajstić information content (AvgIpc) is 2.40. The first kappa shape index (κ1) is 16.3. The maximum Gasteiger partial charge on any atom is 0.410 e. The fraction of sp³-hybridized carbons (Fsp3) is 0.923. The van der Waals surface area contributed by atoms with Gasteiger partial charge in [-0.1, -0.05) is 20.8 Å². The van der Waals surface area contributed by atoms with Crippen LogP contribution in [-0.4, -0.2) is 36.1 Å². The number of alkyl halides is 3. The first-order valence-corrected chi connectivity index (χ1v) is 6.63. The van der Waals surface area contributed by atoms with Crippen LogP contribution in [0.2, 0.25) is 0 Å². The summed E-state index contributed by atoms with van der Waals surface area (Å²) < 4.78 is 38.6. The summed E-state index contributed by atoms with van der Waals surface area (Å²) in [6, 6.07) is -1.85. The zero-order chi connectivity index (χ0) is 14.8. The predicted molar refractivity (Wildman–Crippen MR) is 67.4 cm³/mol. The fourth-order valence-electron chi connectivity index (χ4n) is 2.64. The normalized spacial score (nSPS) is 24.3. The van der Waals surface area contributed by atoms with Gasteiger partial charge in [0.25, 0.3) is 0 Å². The lowest BCUT2D eigenvalue weighted by molar-refractivity contribution is -0.187. The van der Waals surface area contributed by atoms with E-state index in [-0.39, 0.29) is 24.3 Å². The Labute approximate surface area is 112 Å². The Hall–Kier alpha value is -0.780. The second kappa shape index (κ2) is 5.69. The molecule has 1 aliphatic heterocycles. The van der Waals surface area contributed by atoms with Crippen LogP contribution in [0, 0.1) is 11.3 Å². The monoisotopic (exact) mass is 280 g/mol. The summed E-state index contributed by atoms with van der Waals surface area (Å²) in [5.74, 6) is -0.173. The number of halogens is 3. The minimum Gasteiger partial charge on any atom is -0.329 e. The van der Waals surface area contributed by atoms with Gasteiger partial charge in [-0.15, -0.1) is 0 Å². The number of carbonyl (C=O) groups is 1. The van der Waals surface area contributed by atoms with Crippen LogP contribution in [-0.2, 0) is 4.79 Å². The molecule has 2 atom stereocenters. The molecule has 1 rings (SSSR count). The molecule has 0 aromatic carbocycles. The van der Waals surface area contributed by atoms with Gasteiger partial charge in [-0.25, -0.2) is 0 Å². The van der Waals surface area contributed by atoms with E-state index in [2.05, 4.69) is 20.8 Å². The second-order valence-electron chi connectivity index (χ2n) is 6.27. The van der Waals surface area contributed by atoms with E-state index in [0.29, 0.717) is 12.8 Å². The van der Waals surface area contributed by atoms with E-state index in [1.54, 1.807) is 0 Å². The molecule has 0 radical (unpaired) electrons. The Kier molecular flexibility index (Phi) is 4.87. The van der Waals surface area contributed by atoms with Gasteiger partial charge in [0.1, 0.15) is 6.04 Å². The lowest BCUT2D eigenvalue weighted by Crippen LogP contribution is -2.52. The highest BCUT2D eigenvalue weighted by atomic mass is 19.4. The Morgan fingerprint density at radius 3 is 2.32 bits per heavy atom. The van der Waals surface area contributed by atoms with Gasteiger partial charge < -0.3 is 10.6 Å². The minimum atomic E-state index is -4.45. The van der Waals surface area contributed by atoms with Gasteiger partial charge in [-0.05, 0) is 24.2 Å². The van der Waals surface area contributed by atoms with Crippen molar-refractivity contribution in [1.82, 2.24) is 4.90 Å². The molecule has 1 aliphatic rings. The summed E-state index contributed by atoms with van der Waals surface area (Å²) in [5, 5.41) is 0. The molecule has 1 fully saturated rings. The zero-order valence-corrected chi connectivity index (χ0v) is 11.8. The van der Waals surface area contributed by atoms with Crippen molar-refractivity contribution in [2.45, 2.75) is 52.3 Å². The van der Waals surface area contributed by atoms with Crippen LogP contribution in [0.1, 0.15) is 40.0 Å². The number of likely N-dealkylation sites (tertiary alicyclic amines) is 1. The third-order valence-corrected chi connectivity index (χ3v) is 3.95. The van der Waals surface area contributed by atoms with E-state index in [0.717, 1.165) is 4.90 Å². The largest absolute Gasteiger partial charge is 0.410 e. The van der Waals surface area contributed by atoms with E-state index in [1.165, 1.54) is 0 Å². The van der Waals surface area contributed by atoms with Gasteiger partial charge in [0.2, 0.25) is 5.91 Å². The Morgan fingerprint density at radius 2 is 1.89 bits per heavy atom. The highest BCUT2D eigenvalue weighted by molar-refractivity contribution is 5.77. The maximum absolute atomic E-state index is 12.9. The highest BCUT2D eigenvalue weighted by Gasteiger charge is 2.45. The fourth-order valence-corrected chi connectivity index (χ4v) is 2.64. The molecule has 0 aromatic heterocycles. The Balaban J connectivity index is 2.84. The summed E-state index contributed by atoms with van der Waals surface area (Å²) in [6.07, 6.45) is -3.03. The first-order chi connectivity index (χ1) is 8.57. The molecule has 6 heteroatoms. The van der Waals surface area contributed by atoms with Crippen LogP contribution in [0.15, 0.2) is 0 Å². The summed E-state index contributed by atoms with van der Waals surface area (Å²) in [6.45, 7) is 5.74. The molecule has 0 bridgehead atoms. The van der Waals surface area contributed by atoms with Gasteiger partial charge in [-0.2, -0.15) is 13.2 Å². The van der Waals surface area contributed by atoms with Gasteiger partial charge in [0.15, 0.2) is 0 Å². The standard InChI is InChI=1S/C13H23F3N2O/c1-12(2,3)9-4-5-11(19)18(7-6-9)10(8-17)13(14,15)16/h9-10H,4-8,17H2,1-3H3. The quantitative estimate of drug-likeness (QED) is 0.845. The molecule has 0 aliphatic carbocycles. The second-order valence-corrected chi connectivity index (χ2v) is 6.27. The van der Waals surface area contributed by atoms with Gasteiger partial charge in [0, 0.05) is 19.5 Å². The molecule has 0 saturated carbocycles. The maximum atomic E-state index is 12.9. The van der Waals surface area contributed by atoms with E-state index in [1.807, 2.05) is 0 Å². The van der Waals surface area contributed by atoms with E-state index >= 15 is 0 Å². The van der Waals surface area contributed by atoms with Crippen molar-refractivity contribution in [1.29, 1.82) is 0 Å². The Morgan fingerprint density at radius 1 is 1.32 bits per heavy atom. The third-order valence-electron chi connectivity index (χ3n) is 3.95. The first-order valence-electron chi connectivity index (χ1n) is 6.63. The average molecular weight is 280 g/mol. The molecule has 0 aromatic rings. The third kappa shape index (κ3) is 4.09. The van der Waals surface area contributed by atoms with Crippen LogP contribution in [0.5, 0.6) is 0 Å². The van der Waals surface area contributed by atoms with E-state index in [9.17, 15) is 18.0 Å². The molecular weight excluding hydrogens is 257 g/mol. The zero-order valence-electron chi connectivity index (χ0n) is 11.8. The molecular formula is C13H23F3N2O. The van der Waals surface area contributed by atoms with Crippen molar-refractivity contribution >= 4 is 5.91 Å². The summed E-state index contributed by atoms with van der Waals surface area (Å²) in [4.78, 5) is 12.8. The lowest BCUT2D eigenvalue weighted by Gasteiger charge is -2.32. The highest BCUT2D eigenvalue weighted by Crippen LogP contribution is 2.36. The van der Waals surface area contributed by atoms with Crippen molar-refractivity contribution in [2.24, 2.45) is 17.1 Å². The molecule has 1 saturated heterocycles. The van der Waals surface area contributed by atoms with Crippen molar-refractivity contribution < 1.29 is 18.0 Å². The molecule has 3 nitrogen and oxygen atoms in total. The summed E-state index contributed by atoms with van der Waals surface area (Å²) in [7, 11) is 0. The van der Waals surface area contributed by atoms with Crippen LogP contribution in [0.25, 0.3) is 0 Å². The van der Waals surface area contributed by atoms with Crippen molar-refractivity contribution in [2.75, 3.05) is 13.1 Å². The minimum absolute atomic E-state index is 0.00668. The summed E-state index contributed by atoms with van der Waals surface area (Å²) in [5.41, 5.74) is 5.22. The number of hydrogen-bond acceptors (Lipinski definition) is 2. The van der Waals surface area contributed by atoms with Crippen molar-refractivity contribution in [3.8, 4) is 0 Å². The number of nitrogens with two attached hydrogens (primary N) is 1. The smallest absolute Gasteiger partial charge is 0.329 e. The number of hydrogen-bond donors (Lipinski definition) is 1. The number of nitrogens with zero attached hydrogens (tertiary/aromatic N) is 1. The number of amides is 1. The molecule has 2 unspecified atom stereocenters. The molecule has 1 heterocycles. The predicted octanol–water partition coefficient (Wildman–Crippen LogP) is 2.55. The number of rotatable bonds is 2.